The summed E-state index contributed by atoms with van der Waals surface area (Å²) in [5.74, 6) is 0. The van der Waals surface area contributed by atoms with Crippen molar-refractivity contribution >= 4 is 106 Å². The van der Waals surface area contributed by atoms with Crippen LogP contribution in [0, 0.1) is 0 Å². The number of benzene rings is 9. The van der Waals surface area contributed by atoms with Gasteiger partial charge in [-0.05, 0) is 128 Å². The molecule has 0 saturated heterocycles. The standard InChI is InChI=1S/C62H52BN3S/c1-61(2,3)44-29-33-47(34-30-44)65-54-26-17-27-55-58(54)63(60-59(65)51-39-45(62(4,5)6)31-37-57(51)67-60)52-36-35-49(40-56(52)66(55)53-25-16-15-24-50(53)42-19-9-7-10-20-42)64(46-22-11-8-12-23-46)48-32-28-41-18-13-14-21-43(41)38-48/h7-40H,1-6H3. The molecule has 0 amide bonds. The van der Waals surface area contributed by atoms with Crippen LogP contribution in [0.25, 0.3) is 32.0 Å². The van der Waals surface area contributed by atoms with Crippen LogP contribution in [0.1, 0.15) is 52.7 Å². The predicted molar refractivity (Wildman–Crippen MR) is 291 cm³/mol. The topological polar surface area (TPSA) is 9.72 Å². The van der Waals surface area contributed by atoms with Crippen molar-refractivity contribution < 1.29 is 0 Å². The predicted octanol–water partition coefficient (Wildman–Crippen LogP) is 15.9. The van der Waals surface area contributed by atoms with Gasteiger partial charge in [0.1, 0.15) is 0 Å². The first-order chi connectivity index (χ1) is 32.5. The van der Waals surface area contributed by atoms with Crippen LogP contribution in [-0.4, -0.2) is 6.71 Å². The van der Waals surface area contributed by atoms with E-state index in [2.05, 4.69) is 262 Å². The Kier molecular flexibility index (Phi) is 9.60. The third kappa shape index (κ3) is 6.86. The summed E-state index contributed by atoms with van der Waals surface area (Å²) < 4.78 is 2.69. The van der Waals surface area contributed by atoms with E-state index in [9.17, 15) is 0 Å². The first kappa shape index (κ1) is 41.1. The van der Waals surface area contributed by atoms with Gasteiger partial charge in [-0.25, -0.2) is 0 Å². The molecule has 0 spiro atoms. The fourth-order valence-corrected chi connectivity index (χ4v) is 11.8. The quantitative estimate of drug-likeness (QED) is 0.154. The summed E-state index contributed by atoms with van der Waals surface area (Å²) in [5.41, 5.74) is 18.2. The Morgan fingerprint density at radius 2 is 1.06 bits per heavy atom. The highest BCUT2D eigenvalue weighted by Crippen LogP contribution is 2.50. The van der Waals surface area contributed by atoms with Crippen LogP contribution >= 0.6 is 11.3 Å². The molecule has 0 aliphatic carbocycles. The molecule has 3 heterocycles. The zero-order valence-electron chi connectivity index (χ0n) is 39.0. The van der Waals surface area contributed by atoms with E-state index in [0.29, 0.717) is 0 Å². The molecule has 2 aliphatic rings. The lowest BCUT2D eigenvalue weighted by molar-refractivity contribution is 0.590. The van der Waals surface area contributed by atoms with E-state index >= 15 is 0 Å². The summed E-state index contributed by atoms with van der Waals surface area (Å²) in [6.45, 7) is 13.9. The summed E-state index contributed by atoms with van der Waals surface area (Å²) >= 11 is 1.96. The van der Waals surface area contributed by atoms with Crippen LogP contribution in [0.15, 0.2) is 206 Å². The molecule has 12 rings (SSSR count). The number of hydrogen-bond donors (Lipinski definition) is 0. The molecule has 9 aromatic carbocycles. The highest BCUT2D eigenvalue weighted by molar-refractivity contribution is 7.33. The Morgan fingerprint density at radius 3 is 1.81 bits per heavy atom. The maximum absolute atomic E-state index is 2.58. The molecular formula is C62H52BN3S. The van der Waals surface area contributed by atoms with Gasteiger partial charge in [0.05, 0.1) is 11.4 Å². The zero-order chi connectivity index (χ0) is 45.6. The Labute approximate surface area is 399 Å². The average Bonchev–Trinajstić information content (AvgIpc) is 3.73. The van der Waals surface area contributed by atoms with Crippen molar-refractivity contribution in [3.05, 3.63) is 217 Å². The first-order valence-corrected chi connectivity index (χ1v) is 24.4. The second kappa shape index (κ2) is 15.6. The summed E-state index contributed by atoms with van der Waals surface area (Å²) in [6.07, 6.45) is 0. The minimum absolute atomic E-state index is 0.00189. The second-order valence-corrected chi connectivity index (χ2v) is 21.3. The van der Waals surface area contributed by atoms with Crippen molar-refractivity contribution in [2.24, 2.45) is 0 Å². The maximum atomic E-state index is 2.58. The van der Waals surface area contributed by atoms with Gasteiger partial charge in [-0.15, -0.1) is 11.3 Å². The SMILES string of the molecule is CC(C)(C)c1ccc(N2c3cccc4c3B(c3ccc(N(c5ccccc5)c5ccc6ccccc6c5)cc3N4c3ccccc3-c3ccccc3)c3sc4ccc(C(C)(C)C)cc4c32)cc1. The fourth-order valence-electron chi connectivity index (χ4n) is 10.5. The fraction of sp³-hybridized carbons (Fsp3) is 0.129. The van der Waals surface area contributed by atoms with E-state index in [1.165, 1.54) is 87.3 Å². The number of thiophene rings is 1. The molecule has 0 bridgehead atoms. The summed E-state index contributed by atoms with van der Waals surface area (Å²) in [6, 6.07) is 76.9. The third-order valence-electron chi connectivity index (χ3n) is 13.9. The Bertz CT molecular complexity index is 3510. The minimum atomic E-state index is -0.00295. The summed E-state index contributed by atoms with van der Waals surface area (Å²) in [7, 11) is 0. The molecule has 0 saturated carbocycles. The molecule has 3 nitrogen and oxygen atoms in total. The van der Waals surface area contributed by atoms with Crippen molar-refractivity contribution in [1.82, 2.24) is 0 Å². The molecule has 0 fully saturated rings. The highest BCUT2D eigenvalue weighted by atomic mass is 32.1. The Morgan fingerprint density at radius 1 is 0.448 bits per heavy atom. The summed E-state index contributed by atoms with van der Waals surface area (Å²) in [5, 5.41) is 3.75. The Balaban J connectivity index is 1.15. The monoisotopic (exact) mass is 881 g/mol. The van der Waals surface area contributed by atoms with Crippen LogP contribution in [0.5, 0.6) is 0 Å². The van der Waals surface area contributed by atoms with Gasteiger partial charge in [-0.2, -0.15) is 0 Å². The van der Waals surface area contributed by atoms with Crippen LogP contribution in [0.3, 0.4) is 0 Å². The zero-order valence-corrected chi connectivity index (χ0v) is 39.8. The number of rotatable bonds is 6. The van der Waals surface area contributed by atoms with Gasteiger partial charge < -0.3 is 14.7 Å². The maximum Gasteiger partial charge on any atom is 0.264 e. The van der Waals surface area contributed by atoms with E-state index in [1.54, 1.807) is 0 Å². The van der Waals surface area contributed by atoms with E-state index in [0.717, 1.165) is 22.7 Å². The van der Waals surface area contributed by atoms with Crippen molar-refractivity contribution in [2.75, 3.05) is 14.7 Å². The van der Waals surface area contributed by atoms with Gasteiger partial charge in [-0.1, -0.05) is 169 Å². The van der Waals surface area contributed by atoms with E-state index in [-0.39, 0.29) is 17.5 Å². The molecule has 5 heteroatoms. The van der Waals surface area contributed by atoms with Gasteiger partial charge in [0.2, 0.25) is 0 Å². The highest BCUT2D eigenvalue weighted by Gasteiger charge is 2.45. The van der Waals surface area contributed by atoms with Gasteiger partial charge >= 0.3 is 0 Å². The van der Waals surface area contributed by atoms with Gasteiger partial charge in [0.25, 0.3) is 6.71 Å². The number of nitrogens with zero attached hydrogens (tertiary/aromatic N) is 3. The van der Waals surface area contributed by atoms with Gasteiger partial charge in [-0.3, -0.25) is 0 Å². The van der Waals surface area contributed by atoms with Crippen LogP contribution in [0.4, 0.5) is 51.2 Å². The lowest BCUT2D eigenvalue weighted by Gasteiger charge is -2.44. The first-order valence-electron chi connectivity index (χ1n) is 23.5. The van der Waals surface area contributed by atoms with Gasteiger partial charge in [0.15, 0.2) is 0 Å². The van der Waals surface area contributed by atoms with Gasteiger partial charge in [0, 0.05) is 60.2 Å². The van der Waals surface area contributed by atoms with E-state index < -0.39 is 0 Å². The molecule has 2 aliphatic heterocycles. The van der Waals surface area contributed by atoms with Crippen molar-refractivity contribution in [3.63, 3.8) is 0 Å². The third-order valence-corrected chi connectivity index (χ3v) is 15.1. The molecule has 0 radical (unpaired) electrons. The van der Waals surface area contributed by atoms with Crippen LogP contribution < -0.4 is 30.4 Å². The normalized spacial score (nSPS) is 13.1. The van der Waals surface area contributed by atoms with Crippen molar-refractivity contribution in [2.45, 2.75) is 52.4 Å². The van der Waals surface area contributed by atoms with Crippen molar-refractivity contribution in [1.29, 1.82) is 0 Å². The molecule has 1 aromatic heterocycles. The molecule has 10 aromatic rings. The molecular weight excluding hydrogens is 830 g/mol. The van der Waals surface area contributed by atoms with Crippen molar-refractivity contribution in [3.8, 4) is 11.1 Å². The van der Waals surface area contributed by atoms with Crippen LogP contribution in [-0.2, 0) is 10.8 Å². The lowest BCUT2D eigenvalue weighted by Crippen LogP contribution is -2.60. The van der Waals surface area contributed by atoms with E-state index in [4.69, 9.17) is 0 Å². The largest absolute Gasteiger partial charge is 0.311 e. The number of hydrogen-bond acceptors (Lipinski definition) is 4. The minimum Gasteiger partial charge on any atom is -0.311 e. The molecule has 0 N–H and O–H groups in total. The molecule has 0 atom stereocenters. The number of fused-ring (bicyclic) bond motifs is 7. The molecule has 324 valence electrons. The number of anilines is 9. The smallest absolute Gasteiger partial charge is 0.264 e. The second-order valence-electron chi connectivity index (χ2n) is 20.2. The van der Waals surface area contributed by atoms with E-state index in [1.807, 2.05) is 11.3 Å². The average molecular weight is 882 g/mol. The molecule has 67 heavy (non-hydrogen) atoms. The lowest BCUT2D eigenvalue weighted by atomic mass is 9.36. The molecule has 0 unspecified atom stereocenters. The number of para-hydroxylation sites is 2. The van der Waals surface area contributed by atoms with Crippen LogP contribution in [0.2, 0.25) is 0 Å². The summed E-state index contributed by atoms with van der Waals surface area (Å²) in [4.78, 5) is 7.57. The Hall–Kier alpha value is -7.34.